The number of carbonyl (C=O) groups is 1. The summed E-state index contributed by atoms with van der Waals surface area (Å²) in [6.45, 7) is 0.577. The number of aromatic nitrogens is 2. The Balaban J connectivity index is 1.47. The van der Waals surface area contributed by atoms with Gasteiger partial charge in [0.2, 0.25) is 0 Å². The predicted molar refractivity (Wildman–Crippen MR) is 107 cm³/mol. The molecule has 0 spiro atoms. The average Bonchev–Trinajstić information content (AvgIpc) is 3.22. The monoisotopic (exact) mass is 375 g/mol. The minimum atomic E-state index is -0.850. The second-order valence-electron chi connectivity index (χ2n) is 8.11. The third kappa shape index (κ3) is 2.73. The van der Waals surface area contributed by atoms with Crippen LogP contribution in [0.25, 0.3) is 5.65 Å². The fourth-order valence-electron chi connectivity index (χ4n) is 5.23. The SMILES string of the molecule is O=C(c1ccc2nccn2c1)N1CC[C@@](O)(c2ccccc2)[C@H]2CCCC[C@H]21. The third-order valence-electron chi connectivity index (χ3n) is 6.65. The molecule has 3 heterocycles. The molecule has 3 atom stereocenters. The predicted octanol–water partition coefficient (Wildman–Crippen LogP) is 3.63. The van der Waals surface area contributed by atoms with Gasteiger partial charge in [-0.1, -0.05) is 43.2 Å². The van der Waals surface area contributed by atoms with Crippen LogP contribution in [0.3, 0.4) is 0 Å². The van der Waals surface area contributed by atoms with E-state index in [1.54, 1.807) is 6.20 Å². The van der Waals surface area contributed by atoms with E-state index in [0.29, 0.717) is 18.5 Å². The standard InChI is InChI=1S/C23H25N3O2/c27-22(17-10-11-21-24-13-15-25(21)16-17)26-14-12-23(28,18-6-2-1-3-7-18)19-8-4-5-9-20(19)26/h1-3,6-7,10-11,13,15-16,19-20,28H,4-5,8-9,12,14H2/t19-,20+,23+/m0/s1. The molecule has 1 saturated carbocycles. The van der Waals surface area contributed by atoms with Gasteiger partial charge in [-0.25, -0.2) is 4.98 Å². The third-order valence-corrected chi connectivity index (χ3v) is 6.65. The highest BCUT2D eigenvalue weighted by molar-refractivity contribution is 5.94. The number of likely N-dealkylation sites (tertiary alicyclic amines) is 1. The second kappa shape index (κ2) is 6.74. The molecule has 144 valence electrons. The Kier molecular flexibility index (Phi) is 4.20. The Morgan fingerprint density at radius 3 is 2.79 bits per heavy atom. The zero-order valence-corrected chi connectivity index (χ0v) is 15.9. The average molecular weight is 375 g/mol. The van der Waals surface area contributed by atoms with Crippen molar-refractivity contribution in [1.29, 1.82) is 0 Å². The summed E-state index contributed by atoms with van der Waals surface area (Å²) in [5.74, 6) is 0.140. The van der Waals surface area contributed by atoms with E-state index in [0.717, 1.165) is 36.9 Å². The Hall–Kier alpha value is -2.66. The summed E-state index contributed by atoms with van der Waals surface area (Å²) in [6, 6.07) is 13.8. The van der Waals surface area contributed by atoms with E-state index in [4.69, 9.17) is 0 Å². The van der Waals surface area contributed by atoms with Gasteiger partial charge < -0.3 is 14.4 Å². The Morgan fingerprint density at radius 2 is 1.93 bits per heavy atom. The van der Waals surface area contributed by atoms with E-state index in [1.165, 1.54) is 0 Å². The van der Waals surface area contributed by atoms with Crippen molar-refractivity contribution in [3.8, 4) is 0 Å². The highest BCUT2D eigenvalue weighted by Crippen LogP contribution is 2.47. The fourth-order valence-corrected chi connectivity index (χ4v) is 5.23. The number of amides is 1. The molecule has 28 heavy (non-hydrogen) atoms. The quantitative estimate of drug-likeness (QED) is 0.744. The van der Waals surface area contributed by atoms with Gasteiger partial charge in [0.05, 0.1) is 11.2 Å². The van der Waals surface area contributed by atoms with Crippen LogP contribution in [0.15, 0.2) is 61.1 Å². The lowest BCUT2D eigenvalue weighted by Crippen LogP contribution is -2.59. The number of carbonyl (C=O) groups excluding carboxylic acids is 1. The minimum Gasteiger partial charge on any atom is -0.385 e. The number of imidazole rings is 1. The molecule has 5 heteroatoms. The zero-order chi connectivity index (χ0) is 19.1. The van der Waals surface area contributed by atoms with Crippen LogP contribution in [-0.2, 0) is 5.60 Å². The Bertz CT molecular complexity index is 999. The lowest BCUT2D eigenvalue weighted by molar-refractivity contribution is -0.110. The largest absolute Gasteiger partial charge is 0.385 e. The van der Waals surface area contributed by atoms with Crippen LogP contribution in [0.1, 0.15) is 48.0 Å². The molecular formula is C23H25N3O2. The number of aliphatic hydroxyl groups is 1. The summed E-state index contributed by atoms with van der Waals surface area (Å²) in [5.41, 5.74) is 1.65. The van der Waals surface area contributed by atoms with Crippen LogP contribution in [0, 0.1) is 5.92 Å². The molecular weight excluding hydrogens is 350 g/mol. The van der Waals surface area contributed by atoms with E-state index in [9.17, 15) is 9.90 Å². The van der Waals surface area contributed by atoms with Crippen molar-refractivity contribution < 1.29 is 9.90 Å². The Morgan fingerprint density at radius 1 is 1.11 bits per heavy atom. The first-order valence-electron chi connectivity index (χ1n) is 10.2. The minimum absolute atomic E-state index is 0.0580. The van der Waals surface area contributed by atoms with Crippen LogP contribution < -0.4 is 0 Å². The fraction of sp³-hybridized carbons (Fsp3) is 0.391. The van der Waals surface area contributed by atoms with Gasteiger partial charge in [-0.05, 0) is 37.0 Å². The van der Waals surface area contributed by atoms with Crippen molar-refractivity contribution in [2.45, 2.75) is 43.7 Å². The number of hydrogen-bond acceptors (Lipinski definition) is 3. The molecule has 2 aromatic heterocycles. The summed E-state index contributed by atoms with van der Waals surface area (Å²) >= 11 is 0. The molecule has 1 aromatic carbocycles. The van der Waals surface area contributed by atoms with Crippen LogP contribution in [0.4, 0.5) is 0 Å². The number of hydrogen-bond donors (Lipinski definition) is 1. The first kappa shape index (κ1) is 17.4. The van der Waals surface area contributed by atoms with E-state index in [-0.39, 0.29) is 17.9 Å². The lowest BCUT2D eigenvalue weighted by Gasteiger charge is -2.52. The summed E-state index contributed by atoms with van der Waals surface area (Å²) in [6.07, 6.45) is 10.2. The topological polar surface area (TPSA) is 57.8 Å². The molecule has 0 bridgehead atoms. The smallest absolute Gasteiger partial charge is 0.255 e. The highest BCUT2D eigenvalue weighted by atomic mass is 16.3. The molecule has 5 nitrogen and oxygen atoms in total. The molecule has 0 radical (unpaired) electrons. The van der Waals surface area contributed by atoms with Gasteiger partial charge >= 0.3 is 0 Å². The number of pyridine rings is 1. The summed E-state index contributed by atoms with van der Waals surface area (Å²) in [4.78, 5) is 19.6. The van der Waals surface area contributed by atoms with Gasteiger partial charge in [0.15, 0.2) is 0 Å². The van der Waals surface area contributed by atoms with Gasteiger partial charge in [0.25, 0.3) is 5.91 Å². The van der Waals surface area contributed by atoms with Crippen molar-refractivity contribution in [2.75, 3.05) is 6.54 Å². The number of fused-ring (bicyclic) bond motifs is 2. The number of piperidine rings is 1. The summed E-state index contributed by atoms with van der Waals surface area (Å²) < 4.78 is 1.88. The maximum Gasteiger partial charge on any atom is 0.255 e. The molecule has 1 aliphatic heterocycles. The van der Waals surface area contributed by atoms with Crippen molar-refractivity contribution in [2.24, 2.45) is 5.92 Å². The molecule has 1 N–H and O–H groups in total. The normalized spacial score (nSPS) is 27.5. The maximum atomic E-state index is 13.4. The van der Waals surface area contributed by atoms with Crippen LogP contribution in [0.5, 0.6) is 0 Å². The van der Waals surface area contributed by atoms with Crippen LogP contribution in [-0.4, -0.2) is 37.9 Å². The van der Waals surface area contributed by atoms with E-state index in [2.05, 4.69) is 4.98 Å². The molecule has 2 aliphatic rings. The van der Waals surface area contributed by atoms with Crippen molar-refractivity contribution >= 4 is 11.6 Å². The summed E-state index contributed by atoms with van der Waals surface area (Å²) in [5, 5.41) is 11.7. The van der Waals surface area contributed by atoms with Crippen molar-refractivity contribution in [1.82, 2.24) is 14.3 Å². The van der Waals surface area contributed by atoms with Crippen LogP contribution >= 0.6 is 0 Å². The first-order chi connectivity index (χ1) is 13.7. The van der Waals surface area contributed by atoms with Crippen LogP contribution in [0.2, 0.25) is 0 Å². The van der Waals surface area contributed by atoms with Gasteiger partial charge in [-0.3, -0.25) is 4.79 Å². The second-order valence-corrected chi connectivity index (χ2v) is 8.11. The lowest BCUT2D eigenvalue weighted by atomic mass is 9.66. The van der Waals surface area contributed by atoms with Gasteiger partial charge in [0, 0.05) is 37.1 Å². The van der Waals surface area contributed by atoms with Gasteiger partial charge in [0.1, 0.15) is 5.65 Å². The molecule has 1 aliphatic carbocycles. The molecule has 2 fully saturated rings. The van der Waals surface area contributed by atoms with Gasteiger partial charge in [-0.2, -0.15) is 0 Å². The molecule has 5 rings (SSSR count). The number of benzene rings is 1. The first-order valence-corrected chi connectivity index (χ1v) is 10.2. The number of rotatable bonds is 2. The van der Waals surface area contributed by atoms with E-state index >= 15 is 0 Å². The van der Waals surface area contributed by atoms with E-state index in [1.807, 2.05) is 64.2 Å². The number of nitrogens with zero attached hydrogens (tertiary/aromatic N) is 3. The highest BCUT2D eigenvalue weighted by Gasteiger charge is 2.50. The molecule has 0 unspecified atom stereocenters. The molecule has 1 saturated heterocycles. The molecule has 1 amide bonds. The van der Waals surface area contributed by atoms with E-state index < -0.39 is 5.60 Å². The maximum absolute atomic E-state index is 13.4. The van der Waals surface area contributed by atoms with Gasteiger partial charge in [-0.15, -0.1) is 0 Å². The zero-order valence-electron chi connectivity index (χ0n) is 15.9. The van der Waals surface area contributed by atoms with Crippen molar-refractivity contribution in [3.63, 3.8) is 0 Å². The molecule has 3 aromatic rings. The summed E-state index contributed by atoms with van der Waals surface area (Å²) in [7, 11) is 0. The Labute approximate surface area is 164 Å². The van der Waals surface area contributed by atoms with Crippen molar-refractivity contribution in [3.05, 3.63) is 72.2 Å².